The number of halogens is 1. The van der Waals surface area contributed by atoms with E-state index in [4.69, 9.17) is 4.74 Å². The number of hydrogen-bond donors (Lipinski definition) is 0. The molecule has 0 saturated carbocycles. The molecule has 0 N–H and O–H groups in total. The summed E-state index contributed by atoms with van der Waals surface area (Å²) in [7, 11) is 1.41. The molecule has 1 heterocycles. The number of ether oxygens (including phenoxy) is 1. The van der Waals surface area contributed by atoms with Crippen LogP contribution in [-0.2, 0) is 9.53 Å². The Balaban J connectivity index is 2.22. The van der Waals surface area contributed by atoms with E-state index in [0.29, 0.717) is 18.5 Å². The first-order chi connectivity index (χ1) is 10.1. The van der Waals surface area contributed by atoms with Crippen molar-refractivity contribution >= 4 is 12.2 Å². The second-order valence-corrected chi connectivity index (χ2v) is 5.30. The number of benzene rings is 1. The highest BCUT2D eigenvalue weighted by Gasteiger charge is 2.47. The van der Waals surface area contributed by atoms with Crippen molar-refractivity contribution in [1.29, 1.82) is 0 Å². The molecule has 1 atom stereocenters. The van der Waals surface area contributed by atoms with Crippen LogP contribution in [0.1, 0.15) is 38.2 Å². The first-order valence-electron chi connectivity index (χ1n) is 7.28. The van der Waals surface area contributed by atoms with Crippen LogP contribution in [-0.4, -0.2) is 36.4 Å². The molecule has 1 aromatic rings. The van der Waals surface area contributed by atoms with Gasteiger partial charge in [-0.15, -0.1) is 0 Å². The standard InChI is InChI=1S/C16H21FN2O2/c1-3-8-16(15(20)21-2)9-5-10-19(16)18-12-13-6-4-7-14(17)11-13/h4,6-7,11-12H,3,5,8-10H2,1-2H3/t16-/m1/s1. The van der Waals surface area contributed by atoms with Gasteiger partial charge < -0.3 is 4.74 Å². The maximum Gasteiger partial charge on any atom is 0.333 e. The van der Waals surface area contributed by atoms with Crippen LogP contribution in [0.2, 0.25) is 0 Å². The Bertz CT molecular complexity index is 533. The maximum absolute atomic E-state index is 13.2. The molecule has 5 heteroatoms. The van der Waals surface area contributed by atoms with Gasteiger partial charge in [-0.1, -0.05) is 25.5 Å². The van der Waals surface area contributed by atoms with Gasteiger partial charge in [0, 0.05) is 6.54 Å². The van der Waals surface area contributed by atoms with Gasteiger partial charge in [-0.25, -0.2) is 9.18 Å². The Morgan fingerprint density at radius 1 is 1.57 bits per heavy atom. The summed E-state index contributed by atoms with van der Waals surface area (Å²) in [5.74, 6) is -0.536. The normalized spacial score (nSPS) is 22.0. The molecule has 1 aliphatic rings. The molecule has 1 aromatic carbocycles. The summed E-state index contributed by atoms with van der Waals surface area (Å²) < 4.78 is 18.2. The SMILES string of the molecule is CCC[C@]1(C(=O)OC)CCCN1N=Cc1cccc(F)c1. The van der Waals surface area contributed by atoms with E-state index in [2.05, 4.69) is 5.10 Å². The van der Waals surface area contributed by atoms with E-state index in [9.17, 15) is 9.18 Å². The van der Waals surface area contributed by atoms with Crippen molar-refractivity contribution in [2.24, 2.45) is 5.10 Å². The van der Waals surface area contributed by atoms with Crippen molar-refractivity contribution in [2.45, 2.75) is 38.1 Å². The maximum atomic E-state index is 13.2. The van der Waals surface area contributed by atoms with Crippen LogP contribution in [0.15, 0.2) is 29.4 Å². The smallest absolute Gasteiger partial charge is 0.333 e. The summed E-state index contributed by atoms with van der Waals surface area (Å²) in [6, 6.07) is 6.23. The van der Waals surface area contributed by atoms with Crippen LogP contribution < -0.4 is 0 Å². The highest BCUT2D eigenvalue weighted by atomic mass is 19.1. The van der Waals surface area contributed by atoms with Crippen molar-refractivity contribution in [3.05, 3.63) is 35.6 Å². The molecule has 21 heavy (non-hydrogen) atoms. The van der Waals surface area contributed by atoms with Gasteiger partial charge >= 0.3 is 5.97 Å². The minimum atomic E-state index is -0.673. The average Bonchev–Trinajstić information content (AvgIpc) is 2.89. The zero-order valence-corrected chi connectivity index (χ0v) is 12.5. The van der Waals surface area contributed by atoms with E-state index in [-0.39, 0.29) is 11.8 Å². The molecule has 0 aromatic heterocycles. The van der Waals surface area contributed by atoms with Crippen molar-refractivity contribution in [3.8, 4) is 0 Å². The summed E-state index contributed by atoms with van der Waals surface area (Å²) in [6.45, 7) is 2.75. The molecule has 0 amide bonds. The van der Waals surface area contributed by atoms with E-state index in [1.54, 1.807) is 23.4 Å². The van der Waals surface area contributed by atoms with Gasteiger partial charge in [0.15, 0.2) is 5.54 Å². The average molecular weight is 292 g/mol. The molecule has 0 spiro atoms. The quantitative estimate of drug-likeness (QED) is 0.619. The first-order valence-corrected chi connectivity index (χ1v) is 7.28. The minimum absolute atomic E-state index is 0.238. The third-order valence-corrected chi connectivity index (χ3v) is 3.88. The lowest BCUT2D eigenvalue weighted by Crippen LogP contribution is -2.48. The number of hydrogen-bond acceptors (Lipinski definition) is 4. The molecule has 4 nitrogen and oxygen atoms in total. The zero-order valence-electron chi connectivity index (χ0n) is 12.5. The minimum Gasteiger partial charge on any atom is -0.467 e. The second-order valence-electron chi connectivity index (χ2n) is 5.30. The molecule has 1 aliphatic heterocycles. The van der Waals surface area contributed by atoms with Crippen LogP contribution >= 0.6 is 0 Å². The Kier molecular flexibility index (Phi) is 4.94. The van der Waals surface area contributed by atoms with E-state index in [1.807, 2.05) is 6.92 Å². The number of nitrogens with zero attached hydrogens (tertiary/aromatic N) is 2. The lowest BCUT2D eigenvalue weighted by Gasteiger charge is -2.33. The molecule has 0 bridgehead atoms. The monoisotopic (exact) mass is 292 g/mol. The highest BCUT2D eigenvalue weighted by Crippen LogP contribution is 2.35. The van der Waals surface area contributed by atoms with E-state index in [1.165, 1.54) is 19.2 Å². The van der Waals surface area contributed by atoms with Crippen LogP contribution in [0.25, 0.3) is 0 Å². The molecule has 1 fully saturated rings. The van der Waals surface area contributed by atoms with Gasteiger partial charge in [0.1, 0.15) is 5.82 Å². The highest BCUT2D eigenvalue weighted by molar-refractivity contribution is 5.82. The molecule has 0 radical (unpaired) electrons. The van der Waals surface area contributed by atoms with Gasteiger partial charge in [-0.3, -0.25) is 5.01 Å². The third kappa shape index (κ3) is 3.23. The summed E-state index contributed by atoms with van der Waals surface area (Å²) in [4.78, 5) is 12.2. The van der Waals surface area contributed by atoms with Crippen LogP contribution in [0.5, 0.6) is 0 Å². The first kappa shape index (κ1) is 15.5. The Labute approximate surface area is 124 Å². The molecule has 0 unspecified atom stereocenters. The van der Waals surface area contributed by atoms with E-state index < -0.39 is 5.54 Å². The summed E-state index contributed by atoms with van der Waals surface area (Å²) in [5.41, 5.74) is 0.00464. The van der Waals surface area contributed by atoms with Crippen molar-refractivity contribution in [3.63, 3.8) is 0 Å². The van der Waals surface area contributed by atoms with Crippen molar-refractivity contribution in [1.82, 2.24) is 5.01 Å². The Morgan fingerprint density at radius 3 is 3.05 bits per heavy atom. The summed E-state index contributed by atoms with van der Waals surface area (Å²) >= 11 is 0. The fraction of sp³-hybridized carbons (Fsp3) is 0.500. The van der Waals surface area contributed by atoms with E-state index in [0.717, 1.165) is 19.3 Å². The van der Waals surface area contributed by atoms with Crippen molar-refractivity contribution in [2.75, 3.05) is 13.7 Å². The lowest BCUT2D eigenvalue weighted by molar-refractivity contribution is -0.154. The number of rotatable bonds is 5. The number of hydrazone groups is 1. The van der Waals surface area contributed by atoms with Crippen LogP contribution in [0.3, 0.4) is 0 Å². The summed E-state index contributed by atoms with van der Waals surface area (Å²) in [6.07, 6.45) is 4.83. The van der Waals surface area contributed by atoms with Gasteiger partial charge in [0.05, 0.1) is 13.3 Å². The molecule has 0 aliphatic carbocycles. The van der Waals surface area contributed by atoms with Gasteiger partial charge in [0.2, 0.25) is 0 Å². The number of methoxy groups -OCH3 is 1. The predicted octanol–water partition coefficient (Wildman–Crippen LogP) is 2.97. The number of carbonyl (C=O) groups is 1. The van der Waals surface area contributed by atoms with Gasteiger partial charge in [0.25, 0.3) is 0 Å². The third-order valence-electron chi connectivity index (χ3n) is 3.88. The topological polar surface area (TPSA) is 41.9 Å². The Morgan fingerprint density at radius 2 is 2.38 bits per heavy atom. The molecule has 2 rings (SSSR count). The number of carbonyl (C=O) groups excluding carboxylic acids is 1. The predicted molar refractivity (Wildman–Crippen MR) is 79.6 cm³/mol. The summed E-state index contributed by atoms with van der Waals surface area (Å²) in [5, 5.41) is 6.22. The Hall–Kier alpha value is -1.91. The molecule has 1 saturated heterocycles. The second kappa shape index (κ2) is 6.70. The largest absolute Gasteiger partial charge is 0.467 e. The fourth-order valence-electron chi connectivity index (χ4n) is 2.92. The van der Waals surface area contributed by atoms with Crippen LogP contribution in [0, 0.1) is 5.82 Å². The van der Waals surface area contributed by atoms with E-state index >= 15 is 0 Å². The zero-order chi connectivity index (χ0) is 15.3. The lowest BCUT2D eigenvalue weighted by atomic mass is 9.91. The van der Waals surface area contributed by atoms with Crippen LogP contribution in [0.4, 0.5) is 4.39 Å². The number of esters is 1. The molecular formula is C16H21FN2O2. The molecule has 114 valence electrons. The fourth-order valence-corrected chi connectivity index (χ4v) is 2.92. The van der Waals surface area contributed by atoms with Crippen molar-refractivity contribution < 1.29 is 13.9 Å². The molecular weight excluding hydrogens is 271 g/mol. The van der Waals surface area contributed by atoms with Gasteiger partial charge in [-0.2, -0.15) is 5.10 Å². The van der Waals surface area contributed by atoms with Gasteiger partial charge in [-0.05, 0) is 37.0 Å².